The zero-order valence-corrected chi connectivity index (χ0v) is 20.0. The predicted octanol–water partition coefficient (Wildman–Crippen LogP) is 6.79. The average Bonchev–Trinajstić information content (AvgIpc) is 3.50. The Morgan fingerprint density at radius 3 is 2.77 bits per heavy atom. The number of benzene rings is 1. The second kappa shape index (κ2) is 8.68. The van der Waals surface area contributed by atoms with Crippen molar-refractivity contribution >= 4 is 51.7 Å². The summed E-state index contributed by atoms with van der Waals surface area (Å²) >= 11 is 18.3. The molecule has 1 aromatic carbocycles. The minimum atomic E-state index is 0.447. The van der Waals surface area contributed by atoms with Crippen LogP contribution in [-0.2, 0) is 6.42 Å². The number of hydrogen-bond donors (Lipinski definition) is 0. The number of aryl methyl sites for hydroxylation is 1. The van der Waals surface area contributed by atoms with E-state index in [0.29, 0.717) is 16.1 Å². The lowest BCUT2D eigenvalue weighted by atomic mass is 9.93. The molecule has 2 aromatic heterocycles. The number of nitrogens with zero attached hydrogens (tertiary/aromatic N) is 4. The van der Waals surface area contributed by atoms with Gasteiger partial charge in [0.15, 0.2) is 5.65 Å². The third kappa shape index (κ3) is 4.20. The van der Waals surface area contributed by atoms with Crippen molar-refractivity contribution in [3.8, 4) is 11.3 Å². The lowest BCUT2D eigenvalue weighted by molar-refractivity contribution is 0.507. The molecule has 2 heterocycles. The summed E-state index contributed by atoms with van der Waals surface area (Å²) in [4.78, 5) is 13.5. The lowest BCUT2D eigenvalue weighted by Crippen LogP contribution is -2.41. The highest BCUT2D eigenvalue weighted by atomic mass is 35.5. The lowest BCUT2D eigenvalue weighted by Gasteiger charge is -2.36. The van der Waals surface area contributed by atoms with Crippen LogP contribution in [0, 0.1) is 5.92 Å². The first-order chi connectivity index (χ1) is 15.0. The summed E-state index contributed by atoms with van der Waals surface area (Å²) in [6.07, 6.45) is 11.8. The Morgan fingerprint density at radius 2 is 2.06 bits per heavy atom. The quantitative estimate of drug-likeness (QED) is 0.369. The first-order valence-electron chi connectivity index (χ1n) is 11.1. The molecule has 2 saturated carbocycles. The van der Waals surface area contributed by atoms with Crippen LogP contribution in [0.3, 0.4) is 0 Å². The number of thiocarbonyl (C=S) groups is 1. The summed E-state index contributed by atoms with van der Waals surface area (Å²) in [6, 6.07) is 5.98. The van der Waals surface area contributed by atoms with Gasteiger partial charge in [-0.1, -0.05) is 42.3 Å². The number of hydrogen-bond acceptors (Lipinski definition) is 4. The monoisotopic (exact) mass is 472 g/mol. The van der Waals surface area contributed by atoms with Gasteiger partial charge in [-0.2, -0.15) is 0 Å². The zero-order chi connectivity index (χ0) is 21.5. The Kier molecular flexibility index (Phi) is 5.93. The Labute approximate surface area is 198 Å². The number of imidazole rings is 1. The third-order valence-corrected chi connectivity index (χ3v) is 7.35. The van der Waals surface area contributed by atoms with Crippen LogP contribution < -0.4 is 4.90 Å². The van der Waals surface area contributed by atoms with Gasteiger partial charge in [0.1, 0.15) is 11.5 Å². The maximum atomic E-state index is 6.54. The van der Waals surface area contributed by atoms with Gasteiger partial charge < -0.3 is 4.90 Å². The standard InChI is InChI=1S/C24H26Cl2N4S/c1-2-21-24(30(14-15-6-7-15)17-4-3-5-18(31)13-17)29-11-10-27-22(23(29)28-21)19-9-8-16(25)12-20(19)26/h8-12,15,17H,2-7,13-14H2,1H3. The van der Waals surface area contributed by atoms with E-state index in [9.17, 15) is 0 Å². The molecule has 0 saturated heterocycles. The molecule has 0 amide bonds. The van der Waals surface area contributed by atoms with E-state index in [1.54, 1.807) is 6.07 Å². The first-order valence-corrected chi connectivity index (χ1v) is 12.3. The van der Waals surface area contributed by atoms with Crippen LogP contribution in [0.15, 0.2) is 30.6 Å². The second-order valence-electron chi connectivity index (χ2n) is 8.71. The maximum Gasteiger partial charge on any atom is 0.165 e. The van der Waals surface area contributed by atoms with Gasteiger partial charge in [0, 0.05) is 35.6 Å². The molecule has 2 fully saturated rings. The molecule has 1 unspecified atom stereocenters. The maximum absolute atomic E-state index is 6.54. The molecule has 0 N–H and O–H groups in total. The van der Waals surface area contributed by atoms with Crippen molar-refractivity contribution in [1.82, 2.24) is 14.4 Å². The van der Waals surface area contributed by atoms with Gasteiger partial charge >= 0.3 is 0 Å². The molecule has 4 nitrogen and oxygen atoms in total. The predicted molar refractivity (Wildman–Crippen MR) is 133 cm³/mol. The number of anilines is 1. The van der Waals surface area contributed by atoms with Crippen molar-refractivity contribution in [2.24, 2.45) is 5.92 Å². The fourth-order valence-corrected chi connectivity index (χ4v) is 5.51. The third-order valence-electron chi connectivity index (χ3n) is 6.43. The average molecular weight is 473 g/mol. The van der Waals surface area contributed by atoms with Gasteiger partial charge in [0.25, 0.3) is 0 Å². The molecule has 0 spiro atoms. The van der Waals surface area contributed by atoms with Crippen LogP contribution in [-0.4, -0.2) is 31.8 Å². The van der Waals surface area contributed by atoms with Gasteiger partial charge in [-0.05, 0) is 73.9 Å². The van der Waals surface area contributed by atoms with E-state index in [1.807, 2.05) is 24.5 Å². The van der Waals surface area contributed by atoms with Crippen molar-refractivity contribution in [3.05, 3.63) is 46.3 Å². The molecule has 5 rings (SSSR count). The van der Waals surface area contributed by atoms with Gasteiger partial charge in [0.2, 0.25) is 0 Å². The summed E-state index contributed by atoms with van der Waals surface area (Å²) < 4.78 is 2.21. The Morgan fingerprint density at radius 1 is 1.23 bits per heavy atom. The Balaban J connectivity index is 1.66. The SMILES string of the molecule is CCc1nc2c(-c3ccc(Cl)cc3Cl)nccn2c1N(CC1CC1)C1CCCC(=S)C1. The first kappa shape index (κ1) is 21.2. The van der Waals surface area contributed by atoms with E-state index < -0.39 is 0 Å². The molecule has 162 valence electrons. The molecule has 0 radical (unpaired) electrons. The van der Waals surface area contributed by atoms with Crippen molar-refractivity contribution in [2.75, 3.05) is 11.4 Å². The number of fused-ring (bicyclic) bond motifs is 1. The summed E-state index contributed by atoms with van der Waals surface area (Å²) in [6.45, 7) is 3.25. The molecule has 1 atom stereocenters. The van der Waals surface area contributed by atoms with E-state index >= 15 is 0 Å². The number of aromatic nitrogens is 3. The zero-order valence-electron chi connectivity index (χ0n) is 17.7. The minimum absolute atomic E-state index is 0.447. The van der Waals surface area contributed by atoms with Crippen LogP contribution in [0.25, 0.3) is 16.9 Å². The van der Waals surface area contributed by atoms with Crippen molar-refractivity contribution < 1.29 is 0 Å². The highest BCUT2D eigenvalue weighted by molar-refractivity contribution is 7.80. The fraction of sp³-hybridized carbons (Fsp3) is 0.458. The topological polar surface area (TPSA) is 33.4 Å². The smallest absolute Gasteiger partial charge is 0.165 e. The highest BCUT2D eigenvalue weighted by Gasteiger charge is 2.33. The van der Waals surface area contributed by atoms with Crippen LogP contribution >= 0.6 is 35.4 Å². The van der Waals surface area contributed by atoms with E-state index in [0.717, 1.165) is 54.3 Å². The van der Waals surface area contributed by atoms with Crippen molar-refractivity contribution in [2.45, 2.75) is 57.9 Å². The van der Waals surface area contributed by atoms with Gasteiger partial charge in [-0.3, -0.25) is 9.38 Å². The summed E-state index contributed by atoms with van der Waals surface area (Å²) in [5.41, 5.74) is 3.59. The number of rotatable bonds is 6. The van der Waals surface area contributed by atoms with Crippen LogP contribution in [0.4, 0.5) is 5.82 Å². The van der Waals surface area contributed by atoms with E-state index in [1.165, 1.54) is 36.4 Å². The largest absolute Gasteiger partial charge is 0.353 e. The fourth-order valence-electron chi connectivity index (χ4n) is 4.68. The molecule has 0 aliphatic heterocycles. The number of halogens is 2. The van der Waals surface area contributed by atoms with Gasteiger partial charge in [0.05, 0.1) is 10.7 Å². The molecule has 0 bridgehead atoms. The van der Waals surface area contributed by atoms with Crippen LogP contribution in [0.2, 0.25) is 10.0 Å². The van der Waals surface area contributed by atoms with E-state index in [2.05, 4.69) is 21.2 Å². The van der Waals surface area contributed by atoms with Crippen LogP contribution in [0.5, 0.6) is 0 Å². The molecule has 2 aliphatic rings. The van der Waals surface area contributed by atoms with E-state index in [4.69, 9.17) is 40.4 Å². The molecule has 31 heavy (non-hydrogen) atoms. The Hall–Kier alpha value is -1.69. The van der Waals surface area contributed by atoms with Crippen molar-refractivity contribution in [3.63, 3.8) is 0 Å². The van der Waals surface area contributed by atoms with Crippen LogP contribution in [0.1, 0.15) is 51.1 Å². The molecular formula is C24H26Cl2N4S. The van der Waals surface area contributed by atoms with Gasteiger partial charge in [-0.25, -0.2) is 4.98 Å². The molecular weight excluding hydrogens is 447 g/mol. The highest BCUT2D eigenvalue weighted by Crippen LogP contribution is 2.38. The van der Waals surface area contributed by atoms with E-state index in [-0.39, 0.29) is 0 Å². The Bertz CT molecular complexity index is 1140. The summed E-state index contributed by atoms with van der Waals surface area (Å²) in [5, 5.41) is 1.20. The molecule has 3 aromatic rings. The summed E-state index contributed by atoms with van der Waals surface area (Å²) in [5.74, 6) is 1.98. The molecule has 7 heteroatoms. The molecule has 2 aliphatic carbocycles. The second-order valence-corrected chi connectivity index (χ2v) is 10.1. The van der Waals surface area contributed by atoms with Gasteiger partial charge in [-0.15, -0.1) is 0 Å². The minimum Gasteiger partial charge on any atom is -0.353 e. The normalized spacial score (nSPS) is 19.2. The summed E-state index contributed by atoms with van der Waals surface area (Å²) in [7, 11) is 0. The van der Waals surface area contributed by atoms with Crippen molar-refractivity contribution in [1.29, 1.82) is 0 Å².